The highest BCUT2D eigenvalue weighted by Gasteiger charge is 2.46. The second-order valence-electron chi connectivity index (χ2n) is 5.17. The van der Waals surface area contributed by atoms with Crippen LogP contribution in [0.4, 0.5) is 0 Å². The fourth-order valence-electron chi connectivity index (χ4n) is 3.56. The van der Waals surface area contributed by atoms with Crippen LogP contribution in [0.15, 0.2) is 48.5 Å². The minimum Gasteiger partial charge on any atom is -0.286 e. The summed E-state index contributed by atoms with van der Waals surface area (Å²) in [6.45, 7) is 0. The Morgan fingerprint density at radius 2 is 1.33 bits per heavy atom. The van der Waals surface area contributed by atoms with Gasteiger partial charge < -0.3 is 0 Å². The summed E-state index contributed by atoms with van der Waals surface area (Å²) < 4.78 is 0. The Morgan fingerprint density at radius 3 is 2.00 bits per heavy atom. The summed E-state index contributed by atoms with van der Waals surface area (Å²) in [5.74, 6) is 0. The average molecular weight is 256 g/mol. The Bertz CT molecular complexity index is 622. The van der Waals surface area contributed by atoms with Crippen molar-refractivity contribution in [2.24, 2.45) is 0 Å². The van der Waals surface area contributed by atoms with Crippen LogP contribution < -0.4 is 0 Å². The lowest BCUT2D eigenvalue weighted by Gasteiger charge is -2.36. The Hall–Kier alpha value is -1.31. The van der Waals surface area contributed by atoms with E-state index in [0.29, 0.717) is 12.1 Å². The number of likely N-dealkylation sites (N-methyl/N-ethyl adjacent to an activating group) is 1. The van der Waals surface area contributed by atoms with E-state index in [2.05, 4.69) is 60.5 Å². The molecule has 90 valence electrons. The van der Waals surface area contributed by atoms with Gasteiger partial charge in [0.15, 0.2) is 0 Å². The molecule has 18 heavy (non-hydrogen) atoms. The largest absolute Gasteiger partial charge is 0.286 e. The molecule has 3 atom stereocenters. The Balaban J connectivity index is 2.04. The molecule has 1 nitrogen and oxygen atoms in total. The number of halogens is 1. The van der Waals surface area contributed by atoms with Crippen LogP contribution >= 0.6 is 11.6 Å². The molecule has 0 fully saturated rings. The van der Waals surface area contributed by atoms with E-state index in [-0.39, 0.29) is 5.38 Å². The van der Waals surface area contributed by atoms with Crippen LogP contribution in [0, 0.1) is 0 Å². The van der Waals surface area contributed by atoms with Crippen molar-refractivity contribution in [3.05, 3.63) is 70.8 Å². The van der Waals surface area contributed by atoms with E-state index in [0.717, 1.165) is 0 Å². The number of benzene rings is 2. The second-order valence-corrected chi connectivity index (χ2v) is 5.64. The molecule has 0 saturated carbocycles. The highest BCUT2D eigenvalue weighted by Crippen LogP contribution is 2.56. The summed E-state index contributed by atoms with van der Waals surface area (Å²) in [4.78, 5) is 2.41. The van der Waals surface area contributed by atoms with Crippen molar-refractivity contribution in [3.8, 4) is 0 Å². The standard InChI is InChI=1S/C16H14ClN/c1-18-15-11-7-3-2-6-10(11)14(17)16(18)13-9-5-4-8-12(13)15/h2-9,14-16H,1H3/t14-,15+,16+/m1/s1. The summed E-state index contributed by atoms with van der Waals surface area (Å²) >= 11 is 6.72. The first-order valence-electron chi connectivity index (χ1n) is 6.32. The lowest BCUT2D eigenvalue weighted by atomic mass is 9.92. The van der Waals surface area contributed by atoms with Crippen molar-refractivity contribution in [1.29, 1.82) is 0 Å². The van der Waals surface area contributed by atoms with Gasteiger partial charge in [-0.3, -0.25) is 4.90 Å². The van der Waals surface area contributed by atoms with Crippen molar-refractivity contribution >= 4 is 11.6 Å². The molecule has 0 aromatic heterocycles. The fourth-order valence-corrected chi connectivity index (χ4v) is 4.07. The molecule has 2 aliphatic heterocycles. The topological polar surface area (TPSA) is 3.24 Å². The molecule has 2 aromatic rings. The van der Waals surface area contributed by atoms with Crippen LogP contribution in [0.25, 0.3) is 0 Å². The smallest absolute Gasteiger partial charge is 0.0785 e. The summed E-state index contributed by atoms with van der Waals surface area (Å²) in [5, 5.41) is 0.0473. The molecule has 0 unspecified atom stereocenters. The monoisotopic (exact) mass is 255 g/mol. The van der Waals surface area contributed by atoms with E-state index in [1.165, 1.54) is 22.3 Å². The van der Waals surface area contributed by atoms with Gasteiger partial charge in [0.1, 0.15) is 0 Å². The number of nitrogens with zero attached hydrogens (tertiary/aromatic N) is 1. The Kier molecular flexibility index (Phi) is 2.12. The third kappa shape index (κ3) is 1.16. The highest BCUT2D eigenvalue weighted by atomic mass is 35.5. The number of hydrogen-bond donors (Lipinski definition) is 0. The number of fused-ring (bicyclic) bond motifs is 7. The van der Waals surface area contributed by atoms with Crippen molar-refractivity contribution in [3.63, 3.8) is 0 Å². The first-order chi connectivity index (χ1) is 8.79. The zero-order valence-electron chi connectivity index (χ0n) is 10.2. The van der Waals surface area contributed by atoms with Crippen LogP contribution in [0.1, 0.15) is 39.7 Å². The zero-order valence-corrected chi connectivity index (χ0v) is 10.9. The molecule has 0 saturated heterocycles. The summed E-state index contributed by atoms with van der Waals surface area (Å²) in [5.41, 5.74) is 5.46. The van der Waals surface area contributed by atoms with E-state index in [1.807, 2.05) is 0 Å². The third-order valence-electron chi connectivity index (χ3n) is 4.32. The normalized spacial score (nSPS) is 28.9. The average Bonchev–Trinajstić information content (AvgIpc) is 2.63. The molecular formula is C16H14ClN. The van der Waals surface area contributed by atoms with Crippen molar-refractivity contribution in [1.82, 2.24) is 4.90 Å². The SMILES string of the molecule is CN1[C@H]2c3ccccc3[C@@H](Cl)[C@@H]1c1ccccc12. The molecule has 0 spiro atoms. The Morgan fingerprint density at radius 1 is 0.833 bits per heavy atom. The van der Waals surface area contributed by atoms with Crippen LogP contribution in [0.2, 0.25) is 0 Å². The lowest BCUT2D eigenvalue weighted by Crippen LogP contribution is -2.30. The summed E-state index contributed by atoms with van der Waals surface area (Å²) in [7, 11) is 2.18. The molecule has 0 aliphatic carbocycles. The molecule has 0 radical (unpaired) electrons. The quantitative estimate of drug-likeness (QED) is 0.642. The van der Waals surface area contributed by atoms with Crippen LogP contribution in [-0.2, 0) is 0 Å². The first-order valence-corrected chi connectivity index (χ1v) is 6.76. The number of alkyl halides is 1. The number of hydrogen-bond acceptors (Lipinski definition) is 1. The minimum atomic E-state index is 0.0473. The van der Waals surface area contributed by atoms with E-state index in [1.54, 1.807) is 0 Å². The van der Waals surface area contributed by atoms with Crippen molar-refractivity contribution in [2.45, 2.75) is 17.5 Å². The van der Waals surface area contributed by atoms with Gasteiger partial charge in [-0.1, -0.05) is 48.5 Å². The van der Waals surface area contributed by atoms with Crippen LogP contribution in [0.3, 0.4) is 0 Å². The van der Waals surface area contributed by atoms with Crippen LogP contribution in [0.5, 0.6) is 0 Å². The molecule has 2 heteroatoms. The highest BCUT2D eigenvalue weighted by molar-refractivity contribution is 6.21. The van der Waals surface area contributed by atoms with Crippen molar-refractivity contribution < 1.29 is 0 Å². The fraction of sp³-hybridized carbons (Fsp3) is 0.250. The van der Waals surface area contributed by atoms with E-state index in [9.17, 15) is 0 Å². The van der Waals surface area contributed by atoms with Gasteiger partial charge in [-0.25, -0.2) is 0 Å². The van der Waals surface area contributed by atoms with E-state index in [4.69, 9.17) is 11.6 Å². The molecule has 0 amide bonds. The molecular weight excluding hydrogens is 242 g/mol. The lowest BCUT2D eigenvalue weighted by molar-refractivity contribution is 0.208. The summed E-state index contributed by atoms with van der Waals surface area (Å²) in [6.07, 6.45) is 0. The molecule has 4 rings (SSSR count). The third-order valence-corrected chi connectivity index (χ3v) is 4.79. The maximum atomic E-state index is 6.72. The predicted molar refractivity (Wildman–Crippen MR) is 73.8 cm³/mol. The van der Waals surface area contributed by atoms with Gasteiger partial charge in [0.05, 0.1) is 17.5 Å². The predicted octanol–water partition coefficient (Wildman–Crippen LogP) is 4.06. The van der Waals surface area contributed by atoms with E-state index < -0.39 is 0 Å². The van der Waals surface area contributed by atoms with Gasteiger partial charge in [-0.2, -0.15) is 0 Å². The molecule has 2 bridgehead atoms. The van der Waals surface area contributed by atoms with Gasteiger partial charge in [-0.15, -0.1) is 11.6 Å². The molecule has 2 heterocycles. The minimum absolute atomic E-state index is 0.0473. The first kappa shape index (κ1) is 10.6. The zero-order chi connectivity index (χ0) is 12.3. The summed E-state index contributed by atoms with van der Waals surface area (Å²) in [6, 6.07) is 18.0. The molecule has 2 aliphatic rings. The van der Waals surface area contributed by atoms with Gasteiger partial charge >= 0.3 is 0 Å². The molecule has 2 aromatic carbocycles. The second kappa shape index (κ2) is 3.59. The number of rotatable bonds is 0. The van der Waals surface area contributed by atoms with Crippen LogP contribution in [-0.4, -0.2) is 11.9 Å². The maximum Gasteiger partial charge on any atom is 0.0785 e. The Labute approximate surface area is 112 Å². The van der Waals surface area contributed by atoms with Gasteiger partial charge in [-0.05, 0) is 29.3 Å². The van der Waals surface area contributed by atoms with E-state index >= 15 is 0 Å². The maximum absolute atomic E-state index is 6.72. The van der Waals surface area contributed by atoms with Crippen molar-refractivity contribution in [2.75, 3.05) is 7.05 Å². The van der Waals surface area contributed by atoms with Gasteiger partial charge in [0.2, 0.25) is 0 Å². The van der Waals surface area contributed by atoms with Gasteiger partial charge in [0.25, 0.3) is 0 Å². The molecule has 0 N–H and O–H groups in total. The van der Waals surface area contributed by atoms with Gasteiger partial charge in [0, 0.05) is 0 Å².